The molecule has 0 radical (unpaired) electrons. The Kier molecular flexibility index (Phi) is 2.91. The van der Waals surface area contributed by atoms with E-state index in [1.165, 1.54) is 0 Å². The zero-order valence-electron chi connectivity index (χ0n) is 10.4. The lowest BCUT2D eigenvalue weighted by Crippen LogP contribution is -2.29. The largest absolute Gasteiger partial charge is 0.460 e. The van der Waals surface area contributed by atoms with Crippen LogP contribution in [0.4, 0.5) is 0 Å². The van der Waals surface area contributed by atoms with E-state index >= 15 is 0 Å². The van der Waals surface area contributed by atoms with E-state index in [2.05, 4.69) is 10.2 Å². The van der Waals surface area contributed by atoms with Crippen LogP contribution in [-0.4, -0.2) is 26.3 Å². The monoisotopic (exact) mass is 238 g/mol. The van der Waals surface area contributed by atoms with Crippen molar-refractivity contribution in [2.24, 2.45) is 11.7 Å². The van der Waals surface area contributed by atoms with Crippen LogP contribution in [0.25, 0.3) is 0 Å². The number of rotatable bonds is 2. The normalized spacial score (nSPS) is 19.2. The Hall–Kier alpha value is -1.43. The predicted octanol–water partition coefficient (Wildman–Crippen LogP) is 0.251. The molecule has 17 heavy (non-hydrogen) atoms. The second kappa shape index (κ2) is 4.10. The number of ether oxygens (including phenoxy) is 1. The topological polar surface area (TPSA) is 83.0 Å². The van der Waals surface area contributed by atoms with Gasteiger partial charge in [-0.05, 0) is 20.8 Å². The maximum atomic E-state index is 11.9. The number of fused-ring (bicyclic) bond motifs is 1. The highest BCUT2D eigenvalue weighted by molar-refractivity contribution is 5.73. The van der Waals surface area contributed by atoms with Crippen molar-refractivity contribution in [2.45, 2.75) is 45.9 Å². The average Bonchev–Trinajstić information content (AvgIpc) is 2.72. The molecule has 6 nitrogen and oxygen atoms in total. The molecule has 0 fully saturated rings. The molecule has 1 aliphatic rings. The average molecular weight is 238 g/mol. The number of aromatic nitrogens is 3. The number of nitrogens with two attached hydrogens (primary N) is 1. The van der Waals surface area contributed by atoms with Crippen molar-refractivity contribution >= 4 is 5.97 Å². The molecule has 2 heterocycles. The number of nitrogens with zero attached hydrogens (tertiary/aromatic N) is 3. The van der Waals surface area contributed by atoms with Crippen molar-refractivity contribution in [1.29, 1.82) is 0 Å². The standard InChI is InChI=1S/C11H18N4O2/c1-11(2,3)17-10(16)7-4-8-13-14-9(5-12)15(8)6-7/h7H,4-6,12H2,1-3H3. The van der Waals surface area contributed by atoms with E-state index in [0.29, 0.717) is 19.5 Å². The van der Waals surface area contributed by atoms with Gasteiger partial charge < -0.3 is 15.0 Å². The molecule has 0 aromatic carbocycles. The Labute approximate surface area is 100 Å². The van der Waals surface area contributed by atoms with Crippen molar-refractivity contribution in [3.63, 3.8) is 0 Å². The molecule has 1 atom stereocenters. The van der Waals surface area contributed by atoms with Crippen molar-refractivity contribution in [3.05, 3.63) is 11.6 Å². The first-order valence-electron chi connectivity index (χ1n) is 5.74. The first-order valence-corrected chi connectivity index (χ1v) is 5.74. The van der Waals surface area contributed by atoms with E-state index in [9.17, 15) is 4.79 Å². The predicted molar refractivity (Wildman–Crippen MR) is 61.0 cm³/mol. The highest BCUT2D eigenvalue weighted by Crippen LogP contribution is 2.23. The van der Waals surface area contributed by atoms with Gasteiger partial charge in [0.05, 0.1) is 12.5 Å². The first kappa shape index (κ1) is 12.0. The fraction of sp³-hybridized carbons (Fsp3) is 0.727. The number of carbonyl (C=O) groups excluding carboxylic acids is 1. The van der Waals surface area contributed by atoms with Gasteiger partial charge in [0.15, 0.2) is 0 Å². The minimum absolute atomic E-state index is 0.162. The molecule has 94 valence electrons. The summed E-state index contributed by atoms with van der Waals surface area (Å²) in [6.07, 6.45) is 0.585. The Morgan fingerprint density at radius 3 is 2.82 bits per heavy atom. The maximum Gasteiger partial charge on any atom is 0.311 e. The molecule has 0 saturated carbocycles. The molecule has 2 rings (SSSR count). The van der Waals surface area contributed by atoms with Gasteiger partial charge in [0, 0.05) is 13.0 Å². The molecule has 2 N–H and O–H groups in total. The Balaban J connectivity index is 2.05. The van der Waals surface area contributed by atoms with E-state index in [0.717, 1.165) is 11.6 Å². The molecule has 6 heteroatoms. The summed E-state index contributed by atoms with van der Waals surface area (Å²) in [4.78, 5) is 11.9. The van der Waals surface area contributed by atoms with Gasteiger partial charge in [0.1, 0.15) is 17.2 Å². The highest BCUT2D eigenvalue weighted by atomic mass is 16.6. The third-order valence-electron chi connectivity index (χ3n) is 2.66. The van der Waals surface area contributed by atoms with Crippen LogP contribution in [0.5, 0.6) is 0 Å². The van der Waals surface area contributed by atoms with Crippen molar-refractivity contribution in [1.82, 2.24) is 14.8 Å². The summed E-state index contributed by atoms with van der Waals surface area (Å²) in [5, 5.41) is 7.98. The lowest BCUT2D eigenvalue weighted by molar-refractivity contribution is -0.159. The van der Waals surface area contributed by atoms with Gasteiger partial charge in [-0.1, -0.05) is 0 Å². The summed E-state index contributed by atoms with van der Waals surface area (Å²) in [6.45, 7) is 6.51. The summed E-state index contributed by atoms with van der Waals surface area (Å²) >= 11 is 0. The SMILES string of the molecule is CC(C)(C)OC(=O)C1Cc2nnc(CN)n2C1. The highest BCUT2D eigenvalue weighted by Gasteiger charge is 2.33. The van der Waals surface area contributed by atoms with Crippen LogP contribution >= 0.6 is 0 Å². The summed E-state index contributed by atoms with van der Waals surface area (Å²) in [5.74, 6) is 1.21. The molecular formula is C11H18N4O2. The van der Waals surface area contributed by atoms with Crippen molar-refractivity contribution < 1.29 is 9.53 Å². The molecule has 0 aliphatic carbocycles. The molecule has 1 aromatic rings. The summed E-state index contributed by atoms with van der Waals surface area (Å²) in [7, 11) is 0. The minimum atomic E-state index is -0.448. The summed E-state index contributed by atoms with van der Waals surface area (Å²) in [6, 6.07) is 0. The van der Waals surface area contributed by atoms with Crippen molar-refractivity contribution in [2.75, 3.05) is 0 Å². The van der Waals surface area contributed by atoms with Gasteiger partial charge in [-0.15, -0.1) is 10.2 Å². The molecule has 0 spiro atoms. The lowest BCUT2D eigenvalue weighted by atomic mass is 10.1. The molecular weight excluding hydrogens is 220 g/mol. The number of hydrogen-bond acceptors (Lipinski definition) is 5. The quantitative estimate of drug-likeness (QED) is 0.747. The number of hydrogen-bond donors (Lipinski definition) is 1. The second-order valence-electron chi connectivity index (χ2n) is 5.28. The van der Waals surface area contributed by atoms with Crippen LogP contribution in [0.1, 0.15) is 32.4 Å². The Morgan fingerprint density at radius 2 is 2.24 bits per heavy atom. The van der Waals surface area contributed by atoms with Crippen LogP contribution < -0.4 is 5.73 Å². The summed E-state index contributed by atoms with van der Waals surface area (Å²) < 4.78 is 7.28. The van der Waals surface area contributed by atoms with E-state index < -0.39 is 5.60 Å². The molecule has 0 amide bonds. The van der Waals surface area contributed by atoms with Crippen LogP contribution in [0.3, 0.4) is 0 Å². The minimum Gasteiger partial charge on any atom is -0.460 e. The first-order chi connectivity index (χ1) is 7.90. The second-order valence-corrected chi connectivity index (χ2v) is 5.28. The Morgan fingerprint density at radius 1 is 1.53 bits per heavy atom. The van der Waals surface area contributed by atoms with Gasteiger partial charge in [0.25, 0.3) is 0 Å². The number of esters is 1. The fourth-order valence-corrected chi connectivity index (χ4v) is 1.93. The van der Waals surface area contributed by atoms with E-state index in [1.807, 2.05) is 25.3 Å². The smallest absolute Gasteiger partial charge is 0.311 e. The molecule has 0 saturated heterocycles. The third kappa shape index (κ3) is 2.46. The van der Waals surface area contributed by atoms with Crippen LogP contribution in [0, 0.1) is 5.92 Å². The van der Waals surface area contributed by atoms with E-state index in [-0.39, 0.29) is 11.9 Å². The van der Waals surface area contributed by atoms with E-state index in [4.69, 9.17) is 10.5 Å². The van der Waals surface area contributed by atoms with Crippen LogP contribution in [0.2, 0.25) is 0 Å². The number of carbonyl (C=O) groups is 1. The van der Waals surface area contributed by atoms with Crippen molar-refractivity contribution in [3.8, 4) is 0 Å². The van der Waals surface area contributed by atoms with Gasteiger partial charge in [-0.2, -0.15) is 0 Å². The van der Waals surface area contributed by atoms with Crippen LogP contribution in [0.15, 0.2) is 0 Å². The van der Waals surface area contributed by atoms with Gasteiger partial charge >= 0.3 is 5.97 Å². The van der Waals surface area contributed by atoms with Gasteiger partial charge in [0.2, 0.25) is 0 Å². The zero-order chi connectivity index (χ0) is 12.6. The van der Waals surface area contributed by atoms with Gasteiger partial charge in [-0.25, -0.2) is 0 Å². The zero-order valence-corrected chi connectivity index (χ0v) is 10.4. The van der Waals surface area contributed by atoms with Gasteiger partial charge in [-0.3, -0.25) is 4.79 Å². The molecule has 1 unspecified atom stereocenters. The molecule has 1 aliphatic heterocycles. The third-order valence-corrected chi connectivity index (χ3v) is 2.66. The fourth-order valence-electron chi connectivity index (χ4n) is 1.93. The molecule has 1 aromatic heterocycles. The van der Waals surface area contributed by atoms with E-state index in [1.54, 1.807) is 0 Å². The molecule has 0 bridgehead atoms. The maximum absolute atomic E-state index is 11.9. The van der Waals surface area contributed by atoms with Crippen LogP contribution in [-0.2, 0) is 29.0 Å². The summed E-state index contributed by atoms with van der Waals surface area (Å²) in [5.41, 5.74) is 5.10. The lowest BCUT2D eigenvalue weighted by Gasteiger charge is -2.21. The Bertz CT molecular complexity index is 433.